The molecule has 1 aromatic heterocycles. The third-order valence-electron chi connectivity index (χ3n) is 10.7. The fourth-order valence-electron chi connectivity index (χ4n) is 7.36. The zero-order valence-electron chi connectivity index (χ0n) is 34.2. The standard InChI is InChI=1S/C46H49ClN4O8S/c1-5-57-45(52)25-40(39-19-20-42-46(32(39)3)48-49-51(42)21-9-10-22-56-29-34-14-17-38(55-4)18-15-34)35-16-13-31(2)36(23-35)27-50-28-37-24-44(58-30-33-11-7-6-8-12-33)41(47)26-43(37)59-60(50,53)54/h6-8,11-20,23-24,26,40H,5,9-10,21-22,25,27-30H2,1-4H3. The predicted molar refractivity (Wildman–Crippen MR) is 229 cm³/mol. The van der Waals surface area contributed by atoms with Crippen LogP contribution >= 0.6 is 11.6 Å². The Labute approximate surface area is 356 Å². The quantitative estimate of drug-likeness (QED) is 0.0610. The molecule has 1 aliphatic rings. The number of nitrogens with zero attached hydrogens (tertiary/aromatic N) is 4. The highest BCUT2D eigenvalue weighted by Crippen LogP contribution is 2.39. The summed E-state index contributed by atoms with van der Waals surface area (Å²) in [6, 6.07) is 30.7. The number of methoxy groups -OCH3 is 1. The van der Waals surface area contributed by atoms with E-state index in [0.29, 0.717) is 37.7 Å². The van der Waals surface area contributed by atoms with Crippen molar-refractivity contribution in [3.8, 4) is 17.2 Å². The Bertz CT molecular complexity index is 2550. The zero-order valence-corrected chi connectivity index (χ0v) is 35.8. The molecule has 0 aliphatic carbocycles. The first-order valence-corrected chi connectivity index (χ1v) is 21.7. The highest BCUT2D eigenvalue weighted by Gasteiger charge is 2.33. The van der Waals surface area contributed by atoms with Crippen LogP contribution in [0.15, 0.2) is 97.1 Å². The van der Waals surface area contributed by atoms with Crippen LogP contribution in [0.3, 0.4) is 0 Å². The lowest BCUT2D eigenvalue weighted by molar-refractivity contribution is -0.143. The summed E-state index contributed by atoms with van der Waals surface area (Å²) in [7, 11) is -2.52. The van der Waals surface area contributed by atoms with Crippen molar-refractivity contribution in [1.29, 1.82) is 0 Å². The van der Waals surface area contributed by atoms with Crippen LogP contribution in [0.4, 0.5) is 0 Å². The molecule has 6 aromatic rings. The van der Waals surface area contributed by atoms with Gasteiger partial charge in [-0.15, -0.1) is 5.10 Å². The van der Waals surface area contributed by atoms with Crippen molar-refractivity contribution in [3.05, 3.63) is 147 Å². The van der Waals surface area contributed by atoms with Gasteiger partial charge in [0.1, 0.15) is 29.4 Å². The smallest absolute Gasteiger partial charge is 0.385 e. The number of fused-ring (bicyclic) bond motifs is 2. The molecule has 0 spiro atoms. The van der Waals surface area contributed by atoms with Crippen molar-refractivity contribution in [2.75, 3.05) is 20.3 Å². The topological polar surface area (TPSA) is 131 Å². The molecule has 5 aromatic carbocycles. The highest BCUT2D eigenvalue weighted by atomic mass is 35.5. The van der Waals surface area contributed by atoms with Gasteiger partial charge in [0.15, 0.2) is 0 Å². The van der Waals surface area contributed by atoms with E-state index < -0.39 is 16.2 Å². The van der Waals surface area contributed by atoms with Crippen molar-refractivity contribution in [2.45, 2.75) is 78.8 Å². The average molecular weight is 853 g/mol. The van der Waals surface area contributed by atoms with Gasteiger partial charge in [-0.1, -0.05) is 83.5 Å². The van der Waals surface area contributed by atoms with E-state index in [9.17, 15) is 13.2 Å². The number of hydrogen-bond donors (Lipinski definition) is 0. The Balaban J connectivity index is 1.07. The van der Waals surface area contributed by atoms with E-state index >= 15 is 0 Å². The number of aromatic nitrogens is 3. The predicted octanol–water partition coefficient (Wildman–Crippen LogP) is 9.01. The summed E-state index contributed by atoms with van der Waals surface area (Å²) in [6.07, 6.45) is 1.81. The summed E-state index contributed by atoms with van der Waals surface area (Å²) in [5, 5.41) is 9.31. The minimum absolute atomic E-state index is 0.0370. The van der Waals surface area contributed by atoms with Crippen LogP contribution in [0.1, 0.15) is 76.6 Å². The van der Waals surface area contributed by atoms with E-state index in [2.05, 4.69) is 10.3 Å². The normalized spacial score (nSPS) is 14.0. The number of aryl methyl sites for hydroxylation is 3. The van der Waals surface area contributed by atoms with Crippen LogP contribution in [0.25, 0.3) is 11.0 Å². The van der Waals surface area contributed by atoms with Gasteiger partial charge in [-0.2, -0.15) is 12.7 Å². The first-order valence-electron chi connectivity index (χ1n) is 20.0. The number of benzene rings is 5. The molecular weight excluding hydrogens is 804 g/mol. The van der Waals surface area contributed by atoms with Crippen LogP contribution < -0.4 is 13.7 Å². The number of unbranched alkanes of at least 4 members (excludes halogenated alkanes) is 1. The van der Waals surface area contributed by atoms with Crippen molar-refractivity contribution in [3.63, 3.8) is 0 Å². The summed E-state index contributed by atoms with van der Waals surface area (Å²) in [6.45, 7) is 8.19. The number of carbonyl (C=O) groups excluding carboxylic acids is 1. The van der Waals surface area contributed by atoms with E-state index in [1.54, 1.807) is 20.1 Å². The molecule has 0 saturated carbocycles. The molecule has 0 radical (unpaired) electrons. The molecule has 0 amide bonds. The van der Waals surface area contributed by atoms with Crippen molar-refractivity contribution < 1.29 is 36.3 Å². The molecule has 0 saturated heterocycles. The van der Waals surface area contributed by atoms with Crippen molar-refractivity contribution in [1.82, 2.24) is 19.3 Å². The van der Waals surface area contributed by atoms with Gasteiger partial charge < -0.3 is 23.1 Å². The van der Waals surface area contributed by atoms with Crippen molar-refractivity contribution in [2.24, 2.45) is 0 Å². The van der Waals surface area contributed by atoms with Gasteiger partial charge in [0.2, 0.25) is 0 Å². The van der Waals surface area contributed by atoms with Gasteiger partial charge in [0.25, 0.3) is 0 Å². The SMILES string of the molecule is CCOC(=O)CC(c1ccc(C)c(CN2Cc3cc(OCc4ccccc4)c(Cl)cc3OS2(=O)=O)c1)c1ccc2c(nnn2CCCCOCc2ccc(OC)cc2)c1C. The Morgan fingerprint density at radius 3 is 2.48 bits per heavy atom. The lowest BCUT2D eigenvalue weighted by Gasteiger charge is -2.29. The third-order valence-corrected chi connectivity index (χ3v) is 12.3. The van der Waals surface area contributed by atoms with Crippen LogP contribution in [0.5, 0.6) is 17.2 Å². The number of halogens is 1. The van der Waals surface area contributed by atoms with Crippen LogP contribution in [0.2, 0.25) is 5.02 Å². The molecule has 60 heavy (non-hydrogen) atoms. The number of hydrogen-bond acceptors (Lipinski definition) is 10. The van der Waals surface area contributed by atoms with Crippen LogP contribution in [-0.4, -0.2) is 54.0 Å². The third kappa shape index (κ3) is 10.1. The Morgan fingerprint density at radius 1 is 0.933 bits per heavy atom. The number of esters is 1. The molecule has 0 N–H and O–H groups in total. The molecule has 2 heterocycles. The monoisotopic (exact) mass is 852 g/mol. The van der Waals surface area contributed by atoms with Crippen molar-refractivity contribution >= 4 is 38.9 Å². The first-order chi connectivity index (χ1) is 29.0. The second kappa shape index (κ2) is 19.3. The molecule has 1 unspecified atom stereocenters. The van der Waals surface area contributed by atoms with Crippen LogP contribution in [-0.2, 0) is 57.4 Å². The average Bonchev–Trinajstić information content (AvgIpc) is 3.66. The maximum Gasteiger partial charge on any atom is 0.385 e. The van der Waals surface area contributed by atoms with E-state index in [1.807, 2.05) is 103 Å². The molecule has 1 atom stereocenters. The molecule has 7 rings (SSSR count). The maximum absolute atomic E-state index is 13.5. The molecule has 0 fully saturated rings. The van der Waals surface area contributed by atoms with Gasteiger partial charge in [-0.25, -0.2) is 4.68 Å². The summed E-state index contributed by atoms with van der Waals surface area (Å²) in [5.74, 6) is 0.678. The maximum atomic E-state index is 13.5. The Morgan fingerprint density at radius 2 is 1.72 bits per heavy atom. The second-order valence-corrected chi connectivity index (χ2v) is 16.7. The number of ether oxygens (including phenoxy) is 4. The molecule has 12 nitrogen and oxygen atoms in total. The Hall–Kier alpha value is -5.47. The lowest BCUT2D eigenvalue weighted by atomic mass is 9.84. The van der Waals surface area contributed by atoms with Crippen LogP contribution in [0, 0.1) is 13.8 Å². The summed E-state index contributed by atoms with van der Waals surface area (Å²) >= 11 is 6.50. The Kier molecular flexibility index (Phi) is 13.7. The highest BCUT2D eigenvalue weighted by molar-refractivity contribution is 7.84. The number of rotatable bonds is 18. The summed E-state index contributed by atoms with van der Waals surface area (Å²) < 4.78 is 58.4. The van der Waals surface area contributed by atoms with E-state index in [4.69, 9.17) is 34.7 Å². The lowest BCUT2D eigenvalue weighted by Crippen LogP contribution is -2.37. The molecule has 0 bridgehead atoms. The summed E-state index contributed by atoms with van der Waals surface area (Å²) in [4.78, 5) is 13.1. The fraction of sp³-hybridized carbons (Fsp3) is 0.326. The van der Waals surface area contributed by atoms with E-state index in [1.165, 1.54) is 10.4 Å². The van der Waals surface area contributed by atoms with Gasteiger partial charge in [0, 0.05) is 43.8 Å². The van der Waals surface area contributed by atoms with E-state index in [0.717, 1.165) is 68.6 Å². The van der Waals surface area contributed by atoms with Gasteiger partial charge >= 0.3 is 16.3 Å². The minimum atomic E-state index is -4.17. The zero-order chi connectivity index (χ0) is 42.2. The largest absolute Gasteiger partial charge is 0.497 e. The molecule has 1 aliphatic heterocycles. The summed E-state index contributed by atoms with van der Waals surface area (Å²) in [5.41, 5.74) is 8.66. The molecular formula is C46H49ClN4O8S. The first kappa shape index (κ1) is 42.6. The molecule has 314 valence electrons. The fourth-order valence-corrected chi connectivity index (χ4v) is 8.65. The van der Waals surface area contributed by atoms with Gasteiger partial charge in [-0.05, 0) is 96.8 Å². The van der Waals surface area contributed by atoms with Gasteiger partial charge in [0.05, 0.1) is 37.3 Å². The minimum Gasteiger partial charge on any atom is -0.497 e. The van der Waals surface area contributed by atoms with E-state index in [-0.39, 0.29) is 42.9 Å². The number of carbonyl (C=O) groups is 1. The second-order valence-electron chi connectivity index (χ2n) is 14.8. The molecule has 14 heteroatoms. The van der Waals surface area contributed by atoms with Gasteiger partial charge in [-0.3, -0.25) is 4.79 Å².